The normalized spacial score (nSPS) is 22.8. The number of halogens is 1. The predicted octanol–water partition coefficient (Wildman–Crippen LogP) is 5.02. The first kappa shape index (κ1) is 13.9. The van der Waals surface area contributed by atoms with Crippen LogP contribution in [0.3, 0.4) is 0 Å². The summed E-state index contributed by atoms with van der Waals surface area (Å²) in [4.78, 5) is 0. The Labute approximate surface area is 128 Å². The van der Waals surface area contributed by atoms with Crippen LogP contribution in [0.2, 0.25) is 0 Å². The number of hydrogen-bond acceptors (Lipinski definition) is 2. The van der Waals surface area contributed by atoms with Crippen LogP contribution in [0.1, 0.15) is 49.3 Å². The van der Waals surface area contributed by atoms with Crippen molar-refractivity contribution in [2.75, 3.05) is 0 Å². The molecule has 3 atom stereocenters. The summed E-state index contributed by atoms with van der Waals surface area (Å²) in [7, 11) is 0. The molecule has 1 fully saturated rings. The molecule has 3 rings (SSSR count). The quantitative estimate of drug-likeness (QED) is 0.831. The molecule has 0 saturated heterocycles. The van der Waals surface area contributed by atoms with Crippen molar-refractivity contribution in [2.45, 2.75) is 38.8 Å². The fraction of sp³-hybridized carbons (Fsp3) is 0.412. The number of hydrogen-bond donors (Lipinski definition) is 1. The van der Waals surface area contributed by atoms with Crippen molar-refractivity contribution in [2.24, 2.45) is 5.92 Å². The van der Waals surface area contributed by atoms with E-state index in [1.165, 1.54) is 12.0 Å². The van der Waals surface area contributed by atoms with Crippen LogP contribution in [0, 0.1) is 5.92 Å². The maximum atomic E-state index is 5.91. The molecule has 0 amide bonds. The second-order valence-electron chi connectivity index (χ2n) is 5.78. The lowest BCUT2D eigenvalue weighted by Gasteiger charge is -2.13. The summed E-state index contributed by atoms with van der Waals surface area (Å²) in [5.41, 5.74) is 1.29. The van der Waals surface area contributed by atoms with Gasteiger partial charge in [-0.05, 0) is 49.1 Å². The minimum absolute atomic E-state index is 0.316. The fourth-order valence-electron chi connectivity index (χ4n) is 2.53. The second-order valence-corrected chi connectivity index (χ2v) is 6.69. The van der Waals surface area contributed by atoms with Crippen molar-refractivity contribution in [3.63, 3.8) is 0 Å². The SMILES string of the molecule is CC1CC1c1ccc(CN[C@@H](C)c2ccc(Br)cc2)o1. The molecule has 2 aromatic rings. The Morgan fingerprint density at radius 3 is 2.60 bits per heavy atom. The number of benzene rings is 1. The Bertz CT molecular complexity index is 575. The van der Waals surface area contributed by atoms with E-state index >= 15 is 0 Å². The Morgan fingerprint density at radius 1 is 1.25 bits per heavy atom. The van der Waals surface area contributed by atoms with E-state index in [1.807, 2.05) is 0 Å². The molecule has 1 aromatic heterocycles. The average Bonchev–Trinajstić information content (AvgIpc) is 3.00. The molecular formula is C17H20BrNO. The first-order valence-electron chi connectivity index (χ1n) is 7.21. The molecule has 2 unspecified atom stereocenters. The molecule has 0 spiro atoms. The van der Waals surface area contributed by atoms with Gasteiger partial charge in [-0.15, -0.1) is 0 Å². The smallest absolute Gasteiger partial charge is 0.117 e. The van der Waals surface area contributed by atoms with E-state index in [9.17, 15) is 0 Å². The summed E-state index contributed by atoms with van der Waals surface area (Å²) in [5.74, 6) is 3.64. The molecule has 2 nitrogen and oxygen atoms in total. The lowest BCUT2D eigenvalue weighted by Crippen LogP contribution is -2.17. The van der Waals surface area contributed by atoms with Gasteiger partial charge in [-0.2, -0.15) is 0 Å². The molecule has 1 heterocycles. The maximum absolute atomic E-state index is 5.91. The van der Waals surface area contributed by atoms with Gasteiger partial charge in [0.15, 0.2) is 0 Å². The maximum Gasteiger partial charge on any atom is 0.117 e. The van der Waals surface area contributed by atoms with E-state index in [-0.39, 0.29) is 0 Å². The third kappa shape index (κ3) is 3.15. The Hall–Kier alpha value is -1.06. The van der Waals surface area contributed by atoms with Crippen LogP contribution in [-0.2, 0) is 6.54 Å². The molecule has 0 radical (unpaired) electrons. The van der Waals surface area contributed by atoms with E-state index < -0.39 is 0 Å². The molecule has 0 bridgehead atoms. The summed E-state index contributed by atoms with van der Waals surface area (Å²) in [6, 6.07) is 13.0. The first-order valence-corrected chi connectivity index (χ1v) is 8.00. The lowest BCUT2D eigenvalue weighted by atomic mass is 10.1. The summed E-state index contributed by atoms with van der Waals surface area (Å²) in [6.45, 7) is 5.23. The summed E-state index contributed by atoms with van der Waals surface area (Å²) in [5, 5.41) is 3.51. The van der Waals surface area contributed by atoms with Crippen molar-refractivity contribution < 1.29 is 4.42 Å². The van der Waals surface area contributed by atoms with Gasteiger partial charge in [-0.1, -0.05) is 35.0 Å². The van der Waals surface area contributed by atoms with Crippen molar-refractivity contribution in [1.82, 2.24) is 5.32 Å². The first-order chi connectivity index (χ1) is 9.63. The molecule has 1 aliphatic rings. The molecule has 1 aliphatic carbocycles. The second kappa shape index (κ2) is 5.74. The van der Waals surface area contributed by atoms with Gasteiger partial charge >= 0.3 is 0 Å². The third-order valence-corrected chi connectivity index (χ3v) is 4.64. The van der Waals surface area contributed by atoms with Gasteiger partial charge in [0.1, 0.15) is 11.5 Å². The van der Waals surface area contributed by atoms with E-state index in [4.69, 9.17) is 4.42 Å². The van der Waals surface area contributed by atoms with Gasteiger partial charge in [-0.25, -0.2) is 0 Å². The highest BCUT2D eigenvalue weighted by Crippen LogP contribution is 2.47. The summed E-state index contributed by atoms with van der Waals surface area (Å²) >= 11 is 3.46. The van der Waals surface area contributed by atoms with Crippen LogP contribution in [0.4, 0.5) is 0 Å². The van der Waals surface area contributed by atoms with E-state index in [1.54, 1.807) is 0 Å². The minimum atomic E-state index is 0.316. The summed E-state index contributed by atoms with van der Waals surface area (Å²) in [6.07, 6.45) is 1.27. The standard InChI is InChI=1S/C17H20BrNO/c1-11-9-16(11)17-8-7-15(20-17)10-19-12(2)13-3-5-14(18)6-4-13/h3-8,11-12,16,19H,9-10H2,1-2H3/t11?,12-,16?/m0/s1. The average molecular weight is 334 g/mol. The monoisotopic (exact) mass is 333 g/mol. The lowest BCUT2D eigenvalue weighted by molar-refractivity contribution is 0.430. The third-order valence-electron chi connectivity index (χ3n) is 4.11. The predicted molar refractivity (Wildman–Crippen MR) is 84.6 cm³/mol. The molecule has 1 aromatic carbocycles. The molecule has 1 N–H and O–H groups in total. The van der Waals surface area contributed by atoms with Crippen LogP contribution in [0.25, 0.3) is 0 Å². The summed E-state index contributed by atoms with van der Waals surface area (Å²) < 4.78 is 7.03. The molecule has 0 aliphatic heterocycles. The van der Waals surface area contributed by atoms with Gasteiger partial charge < -0.3 is 9.73 Å². The zero-order chi connectivity index (χ0) is 14.1. The van der Waals surface area contributed by atoms with Crippen LogP contribution in [-0.4, -0.2) is 0 Å². The Balaban J connectivity index is 1.56. The largest absolute Gasteiger partial charge is 0.464 e. The molecule has 20 heavy (non-hydrogen) atoms. The molecule has 1 saturated carbocycles. The zero-order valence-corrected chi connectivity index (χ0v) is 13.5. The van der Waals surface area contributed by atoms with Gasteiger partial charge in [0.25, 0.3) is 0 Å². The van der Waals surface area contributed by atoms with Crippen molar-refractivity contribution in [3.05, 3.63) is 58.0 Å². The zero-order valence-electron chi connectivity index (χ0n) is 11.9. The van der Waals surface area contributed by atoms with E-state index in [0.29, 0.717) is 12.0 Å². The molecule has 3 heteroatoms. The molecule has 106 valence electrons. The number of nitrogens with one attached hydrogen (secondary N) is 1. The van der Waals surface area contributed by atoms with Gasteiger partial charge in [0.2, 0.25) is 0 Å². The Morgan fingerprint density at radius 2 is 1.95 bits per heavy atom. The molecular weight excluding hydrogens is 314 g/mol. The van der Waals surface area contributed by atoms with Crippen LogP contribution >= 0.6 is 15.9 Å². The Kier molecular flexibility index (Phi) is 3.99. The van der Waals surface area contributed by atoms with E-state index in [2.05, 4.69) is 71.5 Å². The topological polar surface area (TPSA) is 25.2 Å². The van der Waals surface area contributed by atoms with Crippen molar-refractivity contribution in [3.8, 4) is 0 Å². The minimum Gasteiger partial charge on any atom is -0.464 e. The van der Waals surface area contributed by atoms with Gasteiger partial charge in [0.05, 0.1) is 6.54 Å². The number of rotatable bonds is 5. The van der Waals surface area contributed by atoms with Crippen molar-refractivity contribution in [1.29, 1.82) is 0 Å². The van der Waals surface area contributed by atoms with Crippen LogP contribution in [0.5, 0.6) is 0 Å². The highest BCUT2D eigenvalue weighted by atomic mass is 79.9. The van der Waals surface area contributed by atoms with E-state index in [0.717, 1.165) is 28.5 Å². The van der Waals surface area contributed by atoms with Crippen LogP contribution in [0.15, 0.2) is 45.3 Å². The van der Waals surface area contributed by atoms with Crippen LogP contribution < -0.4 is 5.32 Å². The van der Waals surface area contributed by atoms with Gasteiger partial charge in [-0.3, -0.25) is 0 Å². The highest BCUT2D eigenvalue weighted by molar-refractivity contribution is 9.10. The van der Waals surface area contributed by atoms with Crippen molar-refractivity contribution >= 4 is 15.9 Å². The van der Waals surface area contributed by atoms with Gasteiger partial charge in [0, 0.05) is 16.4 Å². The fourth-order valence-corrected chi connectivity index (χ4v) is 2.79. The number of furan rings is 1. The highest BCUT2D eigenvalue weighted by Gasteiger charge is 2.36.